The predicted molar refractivity (Wildman–Crippen MR) is 174 cm³/mol. The first-order valence-electron chi connectivity index (χ1n) is 14.8. The van der Waals surface area contributed by atoms with E-state index in [1.807, 2.05) is 0 Å². The zero-order chi connectivity index (χ0) is 36.1. The molecule has 15 heteroatoms. The van der Waals surface area contributed by atoms with Gasteiger partial charge in [0.1, 0.15) is 23.7 Å². The van der Waals surface area contributed by atoms with E-state index in [0.717, 1.165) is 16.9 Å². The summed E-state index contributed by atoms with van der Waals surface area (Å²) in [5.74, 6) is -6.32. The number of unbranched alkanes of at least 4 members (excludes halogenated alkanes) is 1. The van der Waals surface area contributed by atoms with E-state index in [9.17, 15) is 44.1 Å². The number of nitrogens with zero attached hydrogens (tertiary/aromatic N) is 2. The van der Waals surface area contributed by atoms with Gasteiger partial charge in [0, 0.05) is 12.2 Å². The standard InChI is InChI=1S/C34H35N3O12/c1-3-18-49-34(46)36(17-6-7-19-48-27-12-8-11-26(38)28(27)33(45)47-2)29(39)24(35)20-21-13-15-22(16-14-21)37(30(40)32(43)44)25-10-5-4-9-23(25)31(41)42/h3-5,8-16,24,38H,1,6-7,17-20,35H2,2H3,(H,41,42)(H,43,44)/t24-/m0/s1. The number of carboxylic acid groups (broad SMARTS) is 2. The molecule has 0 bridgehead atoms. The van der Waals surface area contributed by atoms with Crippen LogP contribution in [-0.2, 0) is 30.3 Å². The Balaban J connectivity index is 1.71. The van der Waals surface area contributed by atoms with Crippen LogP contribution in [0.5, 0.6) is 11.5 Å². The first-order chi connectivity index (χ1) is 23.4. The van der Waals surface area contributed by atoms with E-state index >= 15 is 0 Å². The van der Waals surface area contributed by atoms with Crippen molar-refractivity contribution >= 4 is 47.2 Å². The Hall–Kier alpha value is -6.22. The van der Waals surface area contributed by atoms with Gasteiger partial charge in [-0.1, -0.05) is 43.0 Å². The molecule has 3 rings (SSSR count). The van der Waals surface area contributed by atoms with Crippen molar-refractivity contribution in [3.8, 4) is 11.5 Å². The maximum absolute atomic E-state index is 13.3. The van der Waals surface area contributed by atoms with Crippen molar-refractivity contribution in [2.45, 2.75) is 25.3 Å². The number of phenolic OH excluding ortho intramolecular Hbond substituents is 1. The number of carbonyl (C=O) groups excluding carboxylic acids is 4. The van der Waals surface area contributed by atoms with Gasteiger partial charge >= 0.3 is 29.9 Å². The number of aliphatic carboxylic acids is 1. The number of aromatic hydroxyl groups is 1. The summed E-state index contributed by atoms with van der Waals surface area (Å²) in [5, 5.41) is 29.0. The van der Waals surface area contributed by atoms with Gasteiger partial charge < -0.3 is 35.3 Å². The number of benzene rings is 3. The molecular weight excluding hydrogens is 642 g/mol. The van der Waals surface area contributed by atoms with E-state index in [1.165, 1.54) is 72.8 Å². The first-order valence-corrected chi connectivity index (χ1v) is 14.8. The lowest BCUT2D eigenvalue weighted by Gasteiger charge is -2.24. The van der Waals surface area contributed by atoms with E-state index in [2.05, 4.69) is 11.3 Å². The smallest absolute Gasteiger partial charge is 0.416 e. The highest BCUT2D eigenvalue weighted by Gasteiger charge is 2.30. The maximum Gasteiger partial charge on any atom is 0.416 e. The number of anilines is 2. The molecule has 0 heterocycles. The number of imide groups is 1. The molecule has 49 heavy (non-hydrogen) atoms. The molecule has 0 saturated heterocycles. The number of hydrogen-bond donors (Lipinski definition) is 4. The molecule has 0 saturated carbocycles. The molecule has 5 N–H and O–H groups in total. The number of methoxy groups -OCH3 is 1. The zero-order valence-corrected chi connectivity index (χ0v) is 26.4. The highest BCUT2D eigenvalue weighted by Crippen LogP contribution is 2.30. The van der Waals surface area contributed by atoms with Crippen LogP contribution in [0.3, 0.4) is 0 Å². The largest absolute Gasteiger partial charge is 0.507 e. The Morgan fingerprint density at radius 3 is 2.27 bits per heavy atom. The second kappa shape index (κ2) is 17.6. The molecule has 0 aromatic heterocycles. The molecule has 0 radical (unpaired) electrons. The van der Waals surface area contributed by atoms with Crippen LogP contribution in [-0.4, -0.2) is 88.9 Å². The van der Waals surface area contributed by atoms with Crippen LogP contribution >= 0.6 is 0 Å². The molecule has 0 spiro atoms. The fraction of sp³-hybridized carbons (Fsp3) is 0.235. The number of esters is 1. The summed E-state index contributed by atoms with van der Waals surface area (Å²) >= 11 is 0. The van der Waals surface area contributed by atoms with Crippen molar-refractivity contribution in [1.82, 2.24) is 4.90 Å². The number of amides is 3. The minimum Gasteiger partial charge on any atom is -0.507 e. The van der Waals surface area contributed by atoms with Crippen molar-refractivity contribution in [3.05, 3.63) is 96.1 Å². The van der Waals surface area contributed by atoms with Gasteiger partial charge in [0.15, 0.2) is 0 Å². The summed E-state index contributed by atoms with van der Waals surface area (Å²) in [5.41, 5.74) is 6.14. The average molecular weight is 678 g/mol. The summed E-state index contributed by atoms with van der Waals surface area (Å²) in [7, 11) is 1.16. The molecule has 3 aromatic rings. The van der Waals surface area contributed by atoms with Gasteiger partial charge in [-0.3, -0.25) is 14.5 Å². The monoisotopic (exact) mass is 677 g/mol. The molecule has 3 aromatic carbocycles. The third-order valence-corrected chi connectivity index (χ3v) is 6.97. The molecule has 15 nitrogen and oxygen atoms in total. The van der Waals surface area contributed by atoms with Crippen LogP contribution < -0.4 is 15.4 Å². The molecule has 0 aliphatic carbocycles. The van der Waals surface area contributed by atoms with Crippen LogP contribution in [0.2, 0.25) is 0 Å². The second-order valence-corrected chi connectivity index (χ2v) is 10.3. The fourth-order valence-corrected chi connectivity index (χ4v) is 4.63. The van der Waals surface area contributed by atoms with Crippen molar-refractivity contribution in [3.63, 3.8) is 0 Å². The topological polar surface area (TPSA) is 223 Å². The normalized spacial score (nSPS) is 11.1. The Morgan fingerprint density at radius 1 is 0.939 bits per heavy atom. The van der Waals surface area contributed by atoms with Gasteiger partial charge in [-0.15, -0.1) is 0 Å². The number of carbonyl (C=O) groups is 6. The minimum atomic E-state index is -1.81. The van der Waals surface area contributed by atoms with Crippen LogP contribution in [0.15, 0.2) is 79.4 Å². The number of carboxylic acids is 2. The lowest BCUT2D eigenvalue weighted by molar-refractivity contribution is -0.148. The number of nitrogens with two attached hydrogens (primary N) is 1. The van der Waals surface area contributed by atoms with E-state index in [0.29, 0.717) is 12.0 Å². The molecule has 3 amide bonds. The molecule has 0 unspecified atom stereocenters. The lowest BCUT2D eigenvalue weighted by Crippen LogP contribution is -2.48. The van der Waals surface area contributed by atoms with Crippen LogP contribution in [0.25, 0.3) is 0 Å². The summed E-state index contributed by atoms with van der Waals surface area (Å²) in [6.07, 6.45) is 0.894. The zero-order valence-electron chi connectivity index (χ0n) is 26.4. The Labute approximate surface area is 280 Å². The van der Waals surface area contributed by atoms with Gasteiger partial charge in [0.25, 0.3) is 0 Å². The van der Waals surface area contributed by atoms with Gasteiger partial charge in [-0.25, -0.2) is 24.1 Å². The molecular formula is C34H35N3O12. The number of aromatic carboxylic acids is 1. The summed E-state index contributed by atoms with van der Waals surface area (Å²) in [6, 6.07) is 14.2. The maximum atomic E-state index is 13.3. The number of ether oxygens (including phenoxy) is 3. The van der Waals surface area contributed by atoms with E-state index in [-0.39, 0.29) is 66.6 Å². The van der Waals surface area contributed by atoms with E-state index in [4.69, 9.17) is 15.2 Å². The van der Waals surface area contributed by atoms with Crippen LogP contribution in [0.4, 0.5) is 16.2 Å². The van der Waals surface area contributed by atoms with Gasteiger partial charge in [-0.05, 0) is 61.2 Å². The Kier molecular flexibility index (Phi) is 13.4. The van der Waals surface area contributed by atoms with Crippen LogP contribution in [0.1, 0.15) is 39.1 Å². The average Bonchev–Trinajstić information content (AvgIpc) is 3.09. The lowest BCUT2D eigenvalue weighted by atomic mass is 10.0. The number of rotatable bonds is 15. The number of phenols is 1. The minimum absolute atomic E-state index is 0.0472. The van der Waals surface area contributed by atoms with Gasteiger partial charge in [0.05, 0.1) is 31.0 Å². The van der Waals surface area contributed by atoms with E-state index in [1.54, 1.807) is 0 Å². The SMILES string of the molecule is C=CCOC(=O)N(CCCCOc1cccc(O)c1C(=O)OC)C(=O)[C@@H](N)Cc1ccc(N(C(=O)C(=O)O)c2ccccc2C(=O)O)cc1. The van der Waals surface area contributed by atoms with Crippen LogP contribution in [0, 0.1) is 0 Å². The highest BCUT2D eigenvalue weighted by atomic mass is 16.6. The second-order valence-electron chi connectivity index (χ2n) is 10.3. The molecule has 1 atom stereocenters. The van der Waals surface area contributed by atoms with Gasteiger partial charge in [0.2, 0.25) is 5.91 Å². The third-order valence-electron chi connectivity index (χ3n) is 6.97. The third kappa shape index (κ3) is 9.65. The number of hydrogen-bond acceptors (Lipinski definition) is 11. The Bertz CT molecular complexity index is 1710. The first kappa shape index (κ1) is 37.2. The molecule has 258 valence electrons. The van der Waals surface area contributed by atoms with Gasteiger partial charge in [-0.2, -0.15) is 0 Å². The quantitative estimate of drug-likeness (QED) is 0.0783. The van der Waals surface area contributed by atoms with E-state index < -0.39 is 41.9 Å². The molecule has 0 aliphatic rings. The van der Waals surface area contributed by atoms with Crippen molar-refractivity contribution in [2.75, 3.05) is 31.8 Å². The molecule has 0 fully saturated rings. The fourth-order valence-electron chi connectivity index (χ4n) is 4.63. The predicted octanol–water partition coefficient (Wildman–Crippen LogP) is 3.51. The van der Waals surface area contributed by atoms with Crippen molar-refractivity contribution < 1.29 is 58.3 Å². The van der Waals surface area contributed by atoms with Crippen molar-refractivity contribution in [2.24, 2.45) is 5.73 Å². The number of para-hydroxylation sites is 1. The Morgan fingerprint density at radius 2 is 1.63 bits per heavy atom. The molecule has 0 aliphatic heterocycles. The van der Waals surface area contributed by atoms with Crippen molar-refractivity contribution in [1.29, 1.82) is 0 Å². The highest BCUT2D eigenvalue weighted by molar-refractivity contribution is 6.39. The summed E-state index contributed by atoms with van der Waals surface area (Å²) in [6.45, 7) is 3.30. The summed E-state index contributed by atoms with van der Waals surface area (Å²) in [4.78, 5) is 75.7. The summed E-state index contributed by atoms with van der Waals surface area (Å²) < 4.78 is 15.4.